The van der Waals surface area contributed by atoms with Gasteiger partial charge in [-0.05, 0) is 37.4 Å². The molecule has 0 aliphatic rings. The lowest BCUT2D eigenvalue weighted by Gasteiger charge is -2.09. The summed E-state index contributed by atoms with van der Waals surface area (Å²) in [5.74, 6) is 0.479. The van der Waals surface area contributed by atoms with Gasteiger partial charge < -0.3 is 11.1 Å². The molecule has 1 atom stereocenters. The van der Waals surface area contributed by atoms with Crippen molar-refractivity contribution in [2.24, 2.45) is 11.7 Å². The topological polar surface area (TPSA) is 68.0 Å². The van der Waals surface area contributed by atoms with E-state index in [2.05, 4.69) is 17.2 Å². The quantitative estimate of drug-likeness (QED) is 0.767. The third-order valence-corrected chi connectivity index (χ3v) is 2.76. The number of carbonyl (C=O) groups is 1. The largest absolute Gasteiger partial charge is 0.330 e. The number of pyridine rings is 1. The van der Waals surface area contributed by atoms with Gasteiger partial charge in [0, 0.05) is 6.42 Å². The molecule has 0 saturated carbocycles. The van der Waals surface area contributed by atoms with Gasteiger partial charge in [-0.3, -0.25) is 4.79 Å². The number of anilines is 1. The molecule has 1 amide bonds. The second-order valence-corrected chi connectivity index (χ2v) is 4.53. The summed E-state index contributed by atoms with van der Waals surface area (Å²) in [7, 11) is 0. The number of carbonyl (C=O) groups excluding carboxylic acids is 1. The Morgan fingerprint density at radius 1 is 1.53 bits per heavy atom. The first-order valence-corrected chi connectivity index (χ1v) is 6.11. The second-order valence-electron chi connectivity index (χ2n) is 4.14. The molecule has 0 fully saturated rings. The minimum absolute atomic E-state index is 0.00186. The summed E-state index contributed by atoms with van der Waals surface area (Å²) in [4.78, 5) is 15.5. The van der Waals surface area contributed by atoms with E-state index in [0.29, 0.717) is 29.7 Å². The number of amides is 1. The summed E-state index contributed by atoms with van der Waals surface area (Å²) in [5, 5.41) is 3.19. The van der Waals surface area contributed by atoms with Crippen LogP contribution in [0.3, 0.4) is 0 Å². The first-order chi connectivity index (χ1) is 8.11. The highest BCUT2D eigenvalue weighted by Gasteiger charge is 2.06. The number of nitrogens with two attached hydrogens (primary N) is 1. The molecular weight excluding hydrogens is 238 g/mol. The average molecular weight is 256 g/mol. The van der Waals surface area contributed by atoms with Gasteiger partial charge in [-0.25, -0.2) is 4.98 Å². The van der Waals surface area contributed by atoms with Crippen molar-refractivity contribution in [3.63, 3.8) is 0 Å². The lowest BCUT2D eigenvalue weighted by Crippen LogP contribution is -2.14. The van der Waals surface area contributed by atoms with Gasteiger partial charge in [0.2, 0.25) is 5.91 Å². The second kappa shape index (κ2) is 7.25. The van der Waals surface area contributed by atoms with E-state index in [4.69, 9.17) is 17.3 Å². The molecule has 0 saturated heterocycles. The van der Waals surface area contributed by atoms with Gasteiger partial charge >= 0.3 is 0 Å². The summed E-state index contributed by atoms with van der Waals surface area (Å²) in [6, 6.07) is 3.38. The molecule has 0 radical (unpaired) electrons. The van der Waals surface area contributed by atoms with E-state index in [0.717, 1.165) is 12.8 Å². The number of nitrogens with one attached hydrogen (secondary N) is 1. The number of nitrogens with zero attached hydrogens (tertiary/aromatic N) is 1. The van der Waals surface area contributed by atoms with Crippen molar-refractivity contribution in [2.75, 3.05) is 11.9 Å². The minimum Gasteiger partial charge on any atom is -0.330 e. The fourth-order valence-corrected chi connectivity index (χ4v) is 1.59. The van der Waals surface area contributed by atoms with Crippen molar-refractivity contribution in [3.8, 4) is 0 Å². The van der Waals surface area contributed by atoms with Crippen LogP contribution in [-0.4, -0.2) is 17.4 Å². The standard InChI is InChI=1S/C12H18ClN3O/c1-9(6-7-14)2-5-12(17)16-10-3-4-11(13)15-8-10/h3-4,8-9H,2,5-7,14H2,1H3,(H,16,17). The Morgan fingerprint density at radius 3 is 2.88 bits per heavy atom. The lowest BCUT2D eigenvalue weighted by atomic mass is 10.0. The van der Waals surface area contributed by atoms with Crippen LogP contribution in [0.25, 0.3) is 0 Å². The van der Waals surface area contributed by atoms with E-state index in [1.807, 2.05) is 0 Å². The normalized spacial score (nSPS) is 12.2. The summed E-state index contributed by atoms with van der Waals surface area (Å²) < 4.78 is 0. The maximum Gasteiger partial charge on any atom is 0.224 e. The SMILES string of the molecule is CC(CCN)CCC(=O)Nc1ccc(Cl)nc1. The third-order valence-electron chi connectivity index (χ3n) is 2.53. The number of hydrogen-bond acceptors (Lipinski definition) is 3. The third kappa shape index (κ3) is 5.65. The van der Waals surface area contributed by atoms with E-state index in [9.17, 15) is 4.79 Å². The van der Waals surface area contributed by atoms with E-state index in [1.54, 1.807) is 18.3 Å². The zero-order valence-electron chi connectivity index (χ0n) is 9.95. The molecule has 0 aliphatic carbocycles. The van der Waals surface area contributed by atoms with Gasteiger partial charge in [-0.1, -0.05) is 18.5 Å². The van der Waals surface area contributed by atoms with Crippen molar-refractivity contribution in [1.29, 1.82) is 0 Å². The van der Waals surface area contributed by atoms with Crippen LogP contribution >= 0.6 is 11.6 Å². The molecular formula is C12H18ClN3O. The summed E-state index contributed by atoms with van der Waals surface area (Å²) in [6.45, 7) is 2.77. The van der Waals surface area contributed by atoms with E-state index >= 15 is 0 Å². The Bertz CT molecular complexity index is 353. The molecule has 1 heterocycles. The Hall–Kier alpha value is -1.13. The Labute approximate surface area is 107 Å². The molecule has 94 valence electrons. The average Bonchev–Trinajstić information content (AvgIpc) is 2.30. The predicted octanol–water partition coefficient (Wildman–Crippen LogP) is 2.44. The van der Waals surface area contributed by atoms with Gasteiger partial charge in [-0.2, -0.15) is 0 Å². The maximum atomic E-state index is 11.6. The Morgan fingerprint density at radius 2 is 2.29 bits per heavy atom. The highest BCUT2D eigenvalue weighted by atomic mass is 35.5. The fraction of sp³-hybridized carbons (Fsp3) is 0.500. The summed E-state index contributed by atoms with van der Waals surface area (Å²) in [5.41, 5.74) is 6.12. The predicted molar refractivity (Wildman–Crippen MR) is 69.9 cm³/mol. The van der Waals surface area contributed by atoms with Crippen LogP contribution in [-0.2, 0) is 4.79 Å². The first kappa shape index (κ1) is 13.9. The molecule has 3 N–H and O–H groups in total. The van der Waals surface area contributed by atoms with Crippen LogP contribution in [0.5, 0.6) is 0 Å². The molecule has 1 aromatic heterocycles. The fourth-order valence-electron chi connectivity index (χ4n) is 1.48. The van der Waals surface area contributed by atoms with Crippen LogP contribution in [0.1, 0.15) is 26.2 Å². The summed E-state index contributed by atoms with van der Waals surface area (Å²) >= 11 is 5.65. The highest BCUT2D eigenvalue weighted by Crippen LogP contribution is 2.12. The monoisotopic (exact) mass is 255 g/mol. The Balaban J connectivity index is 2.32. The van der Waals surface area contributed by atoms with Crippen molar-refractivity contribution in [1.82, 2.24) is 4.98 Å². The van der Waals surface area contributed by atoms with Crippen molar-refractivity contribution in [2.45, 2.75) is 26.2 Å². The van der Waals surface area contributed by atoms with Gasteiger partial charge in [0.1, 0.15) is 5.15 Å². The van der Waals surface area contributed by atoms with Crippen LogP contribution in [0, 0.1) is 5.92 Å². The van der Waals surface area contributed by atoms with E-state index in [1.165, 1.54) is 0 Å². The van der Waals surface area contributed by atoms with Crippen LogP contribution in [0.2, 0.25) is 5.15 Å². The number of aromatic nitrogens is 1. The molecule has 5 heteroatoms. The smallest absolute Gasteiger partial charge is 0.224 e. The van der Waals surface area contributed by atoms with Gasteiger partial charge in [0.15, 0.2) is 0 Å². The van der Waals surface area contributed by atoms with Crippen molar-refractivity contribution in [3.05, 3.63) is 23.5 Å². The molecule has 1 rings (SSSR count). The van der Waals surface area contributed by atoms with E-state index in [-0.39, 0.29) is 5.91 Å². The Kier molecular flexibility index (Phi) is 5.94. The lowest BCUT2D eigenvalue weighted by molar-refractivity contribution is -0.116. The number of hydrogen-bond donors (Lipinski definition) is 2. The molecule has 1 aromatic rings. The van der Waals surface area contributed by atoms with Gasteiger partial charge in [0.05, 0.1) is 11.9 Å². The van der Waals surface area contributed by atoms with Crippen molar-refractivity contribution < 1.29 is 4.79 Å². The van der Waals surface area contributed by atoms with Crippen LogP contribution in [0.15, 0.2) is 18.3 Å². The molecule has 17 heavy (non-hydrogen) atoms. The van der Waals surface area contributed by atoms with Crippen LogP contribution < -0.4 is 11.1 Å². The number of halogens is 1. The molecule has 0 spiro atoms. The minimum atomic E-state index is -0.00186. The van der Waals surface area contributed by atoms with Crippen LogP contribution in [0.4, 0.5) is 5.69 Å². The van der Waals surface area contributed by atoms with Gasteiger partial charge in [0.25, 0.3) is 0 Å². The zero-order valence-corrected chi connectivity index (χ0v) is 10.7. The van der Waals surface area contributed by atoms with Crippen molar-refractivity contribution >= 4 is 23.2 Å². The molecule has 0 aliphatic heterocycles. The number of rotatable bonds is 6. The molecule has 4 nitrogen and oxygen atoms in total. The molecule has 0 aromatic carbocycles. The van der Waals surface area contributed by atoms with Gasteiger partial charge in [-0.15, -0.1) is 0 Å². The first-order valence-electron chi connectivity index (χ1n) is 5.73. The molecule has 0 bridgehead atoms. The van der Waals surface area contributed by atoms with E-state index < -0.39 is 0 Å². The molecule has 1 unspecified atom stereocenters. The maximum absolute atomic E-state index is 11.6. The zero-order chi connectivity index (χ0) is 12.7. The summed E-state index contributed by atoms with van der Waals surface area (Å²) in [6.07, 6.45) is 3.85. The highest BCUT2D eigenvalue weighted by molar-refractivity contribution is 6.29.